The molecule has 6 heteroatoms. The summed E-state index contributed by atoms with van der Waals surface area (Å²) in [6.07, 6.45) is 1.62. The van der Waals surface area contributed by atoms with E-state index in [0.29, 0.717) is 11.1 Å². The fraction of sp³-hybridized carbons (Fsp3) is 0.174. The lowest BCUT2D eigenvalue weighted by Gasteiger charge is -2.14. The first-order valence-corrected chi connectivity index (χ1v) is 9.19. The summed E-state index contributed by atoms with van der Waals surface area (Å²) in [6.45, 7) is 5.94. The molecule has 0 saturated heterocycles. The summed E-state index contributed by atoms with van der Waals surface area (Å²) in [5, 5.41) is 4.10. The fourth-order valence-electron chi connectivity index (χ4n) is 3.20. The molecule has 0 atom stereocenters. The molecule has 0 saturated carbocycles. The van der Waals surface area contributed by atoms with Gasteiger partial charge in [0.1, 0.15) is 0 Å². The Hall–Kier alpha value is -3.67. The third-order valence-corrected chi connectivity index (χ3v) is 4.75. The second kappa shape index (κ2) is 8.56. The van der Waals surface area contributed by atoms with Crippen LogP contribution in [0.3, 0.4) is 0 Å². The average Bonchev–Trinajstić information content (AvgIpc) is 3.01. The van der Waals surface area contributed by atoms with Crippen molar-refractivity contribution in [2.75, 3.05) is 7.11 Å². The number of hydrazone groups is 1. The van der Waals surface area contributed by atoms with Crippen molar-refractivity contribution in [3.8, 4) is 5.69 Å². The highest BCUT2D eigenvalue weighted by atomic mass is 16.5. The third-order valence-electron chi connectivity index (χ3n) is 4.75. The van der Waals surface area contributed by atoms with E-state index in [-0.39, 0.29) is 11.9 Å². The first-order chi connectivity index (χ1) is 13.9. The number of nitrogens with zero attached hydrogens (tertiary/aromatic N) is 2. The van der Waals surface area contributed by atoms with Crippen LogP contribution in [0.5, 0.6) is 0 Å². The summed E-state index contributed by atoms with van der Waals surface area (Å²) in [6, 6.07) is 16.4. The molecule has 29 heavy (non-hydrogen) atoms. The maximum Gasteiger partial charge on any atom is 0.337 e. The SMILES string of the molecule is COC(=O)c1ccc(C)c(-n2c(C)cc(/C=N/NC(=O)c3ccccc3)c2C)c1. The number of aryl methyl sites for hydroxylation is 2. The number of aromatic nitrogens is 1. The number of hydrogen-bond acceptors (Lipinski definition) is 4. The highest BCUT2D eigenvalue weighted by molar-refractivity contribution is 5.95. The van der Waals surface area contributed by atoms with Gasteiger partial charge in [-0.25, -0.2) is 10.2 Å². The predicted molar refractivity (Wildman–Crippen MR) is 113 cm³/mol. The highest BCUT2D eigenvalue weighted by Gasteiger charge is 2.14. The molecule has 1 amide bonds. The van der Waals surface area contributed by atoms with Gasteiger partial charge in [0, 0.05) is 28.2 Å². The lowest BCUT2D eigenvalue weighted by atomic mass is 10.1. The Balaban J connectivity index is 1.88. The lowest BCUT2D eigenvalue weighted by molar-refractivity contribution is 0.0600. The normalized spacial score (nSPS) is 10.9. The molecule has 148 valence electrons. The highest BCUT2D eigenvalue weighted by Crippen LogP contribution is 2.24. The Labute approximate surface area is 169 Å². The molecule has 0 spiro atoms. The molecule has 0 aliphatic rings. The summed E-state index contributed by atoms with van der Waals surface area (Å²) < 4.78 is 6.89. The quantitative estimate of drug-likeness (QED) is 0.408. The topological polar surface area (TPSA) is 72.7 Å². The zero-order valence-electron chi connectivity index (χ0n) is 16.9. The Morgan fingerprint density at radius 3 is 2.41 bits per heavy atom. The zero-order chi connectivity index (χ0) is 21.0. The Kier molecular flexibility index (Phi) is 5.93. The predicted octanol–water partition coefficient (Wildman–Crippen LogP) is 3.95. The van der Waals surface area contributed by atoms with Crippen LogP contribution in [0, 0.1) is 20.8 Å². The number of methoxy groups -OCH3 is 1. The summed E-state index contributed by atoms with van der Waals surface area (Å²) in [5.74, 6) is -0.642. The van der Waals surface area contributed by atoms with Crippen LogP contribution in [0.1, 0.15) is 43.2 Å². The molecule has 0 aliphatic heterocycles. The number of nitrogens with one attached hydrogen (secondary N) is 1. The van der Waals surface area contributed by atoms with Crippen molar-refractivity contribution in [3.05, 3.63) is 88.2 Å². The monoisotopic (exact) mass is 389 g/mol. The van der Waals surface area contributed by atoms with E-state index in [1.807, 2.05) is 45.0 Å². The van der Waals surface area contributed by atoms with Gasteiger partial charge in [0.05, 0.1) is 18.9 Å². The van der Waals surface area contributed by atoms with Crippen LogP contribution >= 0.6 is 0 Å². The Bertz CT molecular complexity index is 1080. The molecule has 0 fully saturated rings. The van der Waals surface area contributed by atoms with Crippen LogP contribution in [0.4, 0.5) is 0 Å². The first kappa shape index (κ1) is 20.1. The molecule has 1 heterocycles. The van der Waals surface area contributed by atoms with Gasteiger partial charge in [0.25, 0.3) is 5.91 Å². The van der Waals surface area contributed by atoms with Crippen molar-refractivity contribution >= 4 is 18.1 Å². The van der Waals surface area contributed by atoms with Gasteiger partial charge >= 0.3 is 5.97 Å². The summed E-state index contributed by atoms with van der Waals surface area (Å²) in [5.41, 5.74) is 8.32. The number of carbonyl (C=O) groups is 2. The molecule has 1 N–H and O–H groups in total. The number of esters is 1. The number of carbonyl (C=O) groups excluding carboxylic acids is 2. The number of rotatable bonds is 5. The molecular formula is C23H23N3O3. The van der Waals surface area contributed by atoms with E-state index in [0.717, 1.165) is 28.2 Å². The van der Waals surface area contributed by atoms with E-state index in [9.17, 15) is 9.59 Å². The van der Waals surface area contributed by atoms with E-state index in [4.69, 9.17) is 4.74 Å². The van der Waals surface area contributed by atoms with E-state index < -0.39 is 0 Å². The van der Waals surface area contributed by atoms with Gasteiger partial charge in [-0.1, -0.05) is 24.3 Å². The van der Waals surface area contributed by atoms with Crippen molar-refractivity contribution in [2.45, 2.75) is 20.8 Å². The standard InChI is InChI=1S/C23H23N3O3/c1-15-10-11-19(23(28)29-4)13-21(15)26-16(2)12-20(17(26)3)14-24-25-22(27)18-8-6-5-7-9-18/h5-14H,1-4H3,(H,25,27)/b24-14+. The maximum absolute atomic E-state index is 12.1. The van der Waals surface area contributed by atoms with Crippen molar-refractivity contribution in [2.24, 2.45) is 5.10 Å². The van der Waals surface area contributed by atoms with Crippen LogP contribution in [0.25, 0.3) is 5.69 Å². The minimum Gasteiger partial charge on any atom is -0.465 e. The molecule has 0 unspecified atom stereocenters. The van der Waals surface area contributed by atoms with Gasteiger partial charge in [-0.15, -0.1) is 0 Å². The van der Waals surface area contributed by atoms with Crippen molar-refractivity contribution in [1.82, 2.24) is 9.99 Å². The van der Waals surface area contributed by atoms with Crippen molar-refractivity contribution < 1.29 is 14.3 Å². The molecule has 1 aromatic heterocycles. The third kappa shape index (κ3) is 4.27. The molecule has 3 aromatic rings. The molecule has 3 rings (SSSR count). The maximum atomic E-state index is 12.1. The smallest absolute Gasteiger partial charge is 0.337 e. The molecule has 0 aliphatic carbocycles. The summed E-state index contributed by atoms with van der Waals surface area (Å²) in [7, 11) is 1.37. The molecule has 0 bridgehead atoms. The van der Waals surface area contributed by atoms with Gasteiger partial charge in [0.15, 0.2) is 0 Å². The Morgan fingerprint density at radius 2 is 1.72 bits per heavy atom. The van der Waals surface area contributed by atoms with Crippen molar-refractivity contribution in [1.29, 1.82) is 0 Å². The van der Waals surface area contributed by atoms with E-state index >= 15 is 0 Å². The van der Waals surface area contributed by atoms with Crippen LogP contribution in [0.15, 0.2) is 59.7 Å². The van der Waals surface area contributed by atoms with E-state index in [2.05, 4.69) is 15.1 Å². The summed E-state index contributed by atoms with van der Waals surface area (Å²) >= 11 is 0. The van der Waals surface area contributed by atoms with Gasteiger partial charge < -0.3 is 9.30 Å². The zero-order valence-corrected chi connectivity index (χ0v) is 16.9. The lowest BCUT2D eigenvalue weighted by Crippen LogP contribution is -2.17. The summed E-state index contributed by atoms with van der Waals surface area (Å²) in [4.78, 5) is 24.0. The van der Waals surface area contributed by atoms with Crippen molar-refractivity contribution in [3.63, 3.8) is 0 Å². The molecule has 6 nitrogen and oxygen atoms in total. The van der Waals surface area contributed by atoms with Gasteiger partial charge in [-0.05, 0) is 56.7 Å². The Morgan fingerprint density at radius 1 is 1.00 bits per heavy atom. The number of ether oxygens (including phenoxy) is 1. The molecule has 0 radical (unpaired) electrons. The van der Waals surface area contributed by atoms with Crippen LogP contribution in [-0.4, -0.2) is 29.8 Å². The molecule has 2 aromatic carbocycles. The second-order valence-corrected chi connectivity index (χ2v) is 6.72. The van der Waals surface area contributed by atoms with Gasteiger partial charge in [-0.3, -0.25) is 4.79 Å². The largest absolute Gasteiger partial charge is 0.465 e. The second-order valence-electron chi connectivity index (χ2n) is 6.72. The van der Waals surface area contributed by atoms with E-state index in [1.165, 1.54) is 7.11 Å². The first-order valence-electron chi connectivity index (χ1n) is 9.19. The van der Waals surface area contributed by atoms with E-state index in [1.54, 1.807) is 36.5 Å². The minimum absolute atomic E-state index is 0.266. The van der Waals surface area contributed by atoms with Crippen LogP contribution in [0.2, 0.25) is 0 Å². The van der Waals surface area contributed by atoms with Crippen LogP contribution in [-0.2, 0) is 4.74 Å². The number of hydrogen-bond donors (Lipinski definition) is 1. The molecular weight excluding hydrogens is 366 g/mol. The van der Waals surface area contributed by atoms with Gasteiger partial charge in [0.2, 0.25) is 0 Å². The van der Waals surface area contributed by atoms with Gasteiger partial charge in [-0.2, -0.15) is 5.10 Å². The van der Waals surface area contributed by atoms with Crippen LogP contribution < -0.4 is 5.43 Å². The minimum atomic E-state index is -0.376. The number of benzene rings is 2. The number of amides is 1. The fourth-order valence-corrected chi connectivity index (χ4v) is 3.20. The average molecular weight is 389 g/mol.